The molecule has 4 nitrogen and oxygen atoms in total. The van der Waals surface area contributed by atoms with Gasteiger partial charge in [-0.25, -0.2) is 4.98 Å². The molecule has 1 saturated heterocycles. The maximum Gasteiger partial charge on any atom is 0.274 e. The number of aryl methyl sites for hydroxylation is 2. The molecule has 1 fully saturated rings. The number of hydrogen-bond donors (Lipinski definition) is 1. The maximum absolute atomic E-state index is 12.3. The molecule has 3 rings (SSSR count). The van der Waals surface area contributed by atoms with Gasteiger partial charge in [-0.15, -0.1) is 0 Å². The Labute approximate surface area is 137 Å². The van der Waals surface area contributed by atoms with Gasteiger partial charge in [-0.1, -0.05) is 6.07 Å². The van der Waals surface area contributed by atoms with Gasteiger partial charge in [-0.2, -0.15) is 0 Å². The van der Waals surface area contributed by atoms with E-state index in [1.807, 2.05) is 31.2 Å². The second-order valence-corrected chi connectivity index (χ2v) is 6.20. The summed E-state index contributed by atoms with van der Waals surface area (Å²) in [6, 6.07) is 9.71. The summed E-state index contributed by atoms with van der Waals surface area (Å²) in [5, 5.41) is 2.91. The van der Waals surface area contributed by atoms with Gasteiger partial charge in [0.25, 0.3) is 5.91 Å². The molecule has 0 atom stereocenters. The van der Waals surface area contributed by atoms with E-state index in [1.165, 1.54) is 24.8 Å². The monoisotopic (exact) mass is 309 g/mol. The lowest BCUT2D eigenvalue weighted by Crippen LogP contribution is -2.29. The lowest BCUT2D eigenvalue weighted by atomic mass is 10.1. The Morgan fingerprint density at radius 3 is 2.48 bits per heavy atom. The first-order valence-corrected chi connectivity index (χ1v) is 8.23. The molecule has 2 heterocycles. The number of amides is 1. The van der Waals surface area contributed by atoms with Gasteiger partial charge in [0.2, 0.25) is 0 Å². The van der Waals surface area contributed by atoms with E-state index in [1.54, 1.807) is 12.3 Å². The Bertz CT molecular complexity index is 688. The average Bonchev–Trinajstić information content (AvgIpc) is 2.59. The van der Waals surface area contributed by atoms with Crippen molar-refractivity contribution >= 4 is 17.3 Å². The SMILES string of the molecule is Cc1ccc(NC(=O)c2ccc(N3CCCCC3)cn2)cc1C. The normalized spacial score (nSPS) is 14.6. The van der Waals surface area contributed by atoms with Gasteiger partial charge in [0.1, 0.15) is 5.69 Å². The molecule has 0 spiro atoms. The second-order valence-electron chi connectivity index (χ2n) is 6.20. The Hall–Kier alpha value is -2.36. The van der Waals surface area contributed by atoms with Crippen LogP contribution in [0.25, 0.3) is 0 Å². The summed E-state index contributed by atoms with van der Waals surface area (Å²) >= 11 is 0. The third-order valence-electron chi connectivity index (χ3n) is 4.47. The van der Waals surface area contributed by atoms with Crippen molar-refractivity contribution in [2.24, 2.45) is 0 Å². The molecule has 1 amide bonds. The van der Waals surface area contributed by atoms with E-state index in [0.717, 1.165) is 30.0 Å². The van der Waals surface area contributed by atoms with Crippen LogP contribution in [0.5, 0.6) is 0 Å². The minimum absolute atomic E-state index is 0.168. The minimum atomic E-state index is -0.168. The van der Waals surface area contributed by atoms with Crippen LogP contribution in [0, 0.1) is 13.8 Å². The molecule has 1 aliphatic heterocycles. The number of carbonyl (C=O) groups is 1. The topological polar surface area (TPSA) is 45.2 Å². The molecule has 0 radical (unpaired) electrons. The predicted octanol–water partition coefficient (Wildman–Crippen LogP) is 3.94. The first-order chi connectivity index (χ1) is 11.1. The van der Waals surface area contributed by atoms with Crippen molar-refractivity contribution in [2.75, 3.05) is 23.3 Å². The van der Waals surface area contributed by atoms with E-state index in [-0.39, 0.29) is 5.91 Å². The lowest BCUT2D eigenvalue weighted by molar-refractivity contribution is 0.102. The summed E-state index contributed by atoms with van der Waals surface area (Å²) in [7, 11) is 0. The van der Waals surface area contributed by atoms with Gasteiger partial charge in [0.15, 0.2) is 0 Å². The third-order valence-corrected chi connectivity index (χ3v) is 4.47. The van der Waals surface area contributed by atoms with Crippen LogP contribution in [0.4, 0.5) is 11.4 Å². The summed E-state index contributed by atoms with van der Waals surface area (Å²) in [5.41, 5.74) is 4.74. The molecule has 2 aromatic rings. The molecule has 0 saturated carbocycles. The van der Waals surface area contributed by atoms with Crippen molar-refractivity contribution in [2.45, 2.75) is 33.1 Å². The summed E-state index contributed by atoms with van der Waals surface area (Å²) < 4.78 is 0. The van der Waals surface area contributed by atoms with E-state index in [4.69, 9.17) is 0 Å². The Morgan fingerprint density at radius 2 is 1.83 bits per heavy atom. The zero-order chi connectivity index (χ0) is 16.2. The first-order valence-electron chi connectivity index (χ1n) is 8.23. The number of nitrogens with zero attached hydrogens (tertiary/aromatic N) is 2. The molecular weight excluding hydrogens is 286 g/mol. The lowest BCUT2D eigenvalue weighted by Gasteiger charge is -2.28. The zero-order valence-electron chi connectivity index (χ0n) is 13.8. The van der Waals surface area contributed by atoms with Crippen LogP contribution in [0.15, 0.2) is 36.5 Å². The molecular formula is C19H23N3O. The fourth-order valence-electron chi connectivity index (χ4n) is 2.87. The van der Waals surface area contributed by atoms with Crippen molar-refractivity contribution < 1.29 is 4.79 Å². The minimum Gasteiger partial charge on any atom is -0.370 e. The van der Waals surface area contributed by atoms with E-state index in [2.05, 4.69) is 22.1 Å². The summed E-state index contributed by atoms with van der Waals surface area (Å²) in [4.78, 5) is 19.0. The van der Waals surface area contributed by atoms with Crippen LogP contribution in [-0.2, 0) is 0 Å². The highest BCUT2D eigenvalue weighted by Gasteiger charge is 2.13. The predicted molar refractivity (Wildman–Crippen MR) is 94.2 cm³/mol. The zero-order valence-corrected chi connectivity index (χ0v) is 13.8. The molecule has 1 aromatic carbocycles. The van der Waals surface area contributed by atoms with Gasteiger partial charge in [-0.3, -0.25) is 4.79 Å². The average molecular weight is 309 g/mol. The van der Waals surface area contributed by atoms with E-state index < -0.39 is 0 Å². The van der Waals surface area contributed by atoms with Crippen molar-refractivity contribution in [3.63, 3.8) is 0 Å². The van der Waals surface area contributed by atoms with Crippen LogP contribution in [0.2, 0.25) is 0 Å². The number of piperidine rings is 1. The summed E-state index contributed by atoms with van der Waals surface area (Å²) in [5.74, 6) is -0.168. The highest BCUT2D eigenvalue weighted by molar-refractivity contribution is 6.03. The van der Waals surface area contributed by atoms with Gasteiger partial charge >= 0.3 is 0 Å². The quantitative estimate of drug-likeness (QED) is 0.934. The van der Waals surface area contributed by atoms with E-state index >= 15 is 0 Å². The molecule has 0 aliphatic carbocycles. The third kappa shape index (κ3) is 3.70. The molecule has 1 aliphatic rings. The smallest absolute Gasteiger partial charge is 0.274 e. The molecule has 1 aromatic heterocycles. The highest BCUT2D eigenvalue weighted by atomic mass is 16.1. The molecule has 1 N–H and O–H groups in total. The van der Waals surface area contributed by atoms with E-state index in [0.29, 0.717) is 5.69 Å². The van der Waals surface area contributed by atoms with Gasteiger partial charge < -0.3 is 10.2 Å². The number of rotatable bonds is 3. The number of nitrogens with one attached hydrogen (secondary N) is 1. The van der Waals surface area contributed by atoms with Gasteiger partial charge in [0.05, 0.1) is 11.9 Å². The maximum atomic E-state index is 12.3. The highest BCUT2D eigenvalue weighted by Crippen LogP contribution is 2.19. The standard InChI is InChI=1S/C19H23N3O/c1-14-6-7-16(12-15(14)2)21-19(23)18-9-8-17(13-20-18)22-10-4-3-5-11-22/h6-9,12-13H,3-5,10-11H2,1-2H3,(H,21,23). The van der Waals surface area contributed by atoms with Gasteiger partial charge in [-0.05, 0) is 68.5 Å². The largest absolute Gasteiger partial charge is 0.370 e. The number of pyridine rings is 1. The van der Waals surface area contributed by atoms with Crippen LogP contribution >= 0.6 is 0 Å². The summed E-state index contributed by atoms with van der Waals surface area (Å²) in [6.45, 7) is 6.25. The Kier molecular flexibility index (Phi) is 4.60. The number of aromatic nitrogens is 1. The number of anilines is 2. The Morgan fingerprint density at radius 1 is 1.04 bits per heavy atom. The van der Waals surface area contributed by atoms with Crippen molar-refractivity contribution in [1.29, 1.82) is 0 Å². The fourth-order valence-corrected chi connectivity index (χ4v) is 2.87. The van der Waals surface area contributed by atoms with E-state index in [9.17, 15) is 4.79 Å². The first kappa shape index (κ1) is 15.5. The number of carbonyl (C=O) groups excluding carboxylic acids is 1. The molecule has 120 valence electrons. The molecule has 0 unspecified atom stereocenters. The van der Waals surface area contributed by atoms with Gasteiger partial charge in [0, 0.05) is 18.8 Å². The molecule has 4 heteroatoms. The van der Waals surface area contributed by atoms with Crippen LogP contribution in [0.1, 0.15) is 40.9 Å². The summed E-state index contributed by atoms with van der Waals surface area (Å²) in [6.07, 6.45) is 5.57. The fraction of sp³-hybridized carbons (Fsp3) is 0.368. The second kappa shape index (κ2) is 6.82. The Balaban J connectivity index is 1.68. The number of benzene rings is 1. The molecule has 23 heavy (non-hydrogen) atoms. The molecule has 0 bridgehead atoms. The van der Waals surface area contributed by atoms with Crippen molar-refractivity contribution in [3.8, 4) is 0 Å². The van der Waals surface area contributed by atoms with Crippen molar-refractivity contribution in [3.05, 3.63) is 53.3 Å². The van der Waals surface area contributed by atoms with Crippen LogP contribution < -0.4 is 10.2 Å². The van der Waals surface area contributed by atoms with Crippen LogP contribution in [0.3, 0.4) is 0 Å². The number of hydrogen-bond acceptors (Lipinski definition) is 3. The van der Waals surface area contributed by atoms with Crippen molar-refractivity contribution in [1.82, 2.24) is 4.98 Å². The van der Waals surface area contributed by atoms with Crippen LogP contribution in [-0.4, -0.2) is 24.0 Å².